The summed E-state index contributed by atoms with van der Waals surface area (Å²) in [7, 11) is 0. The van der Waals surface area contributed by atoms with Gasteiger partial charge in [0, 0.05) is 18.7 Å². The van der Waals surface area contributed by atoms with Gasteiger partial charge in [-0.1, -0.05) is 32.0 Å². The summed E-state index contributed by atoms with van der Waals surface area (Å²) in [5.41, 5.74) is 8.56. The van der Waals surface area contributed by atoms with Gasteiger partial charge >= 0.3 is 0 Å². The zero-order valence-electron chi connectivity index (χ0n) is 10.6. The van der Waals surface area contributed by atoms with Crippen molar-refractivity contribution in [2.75, 3.05) is 11.9 Å². The highest BCUT2D eigenvalue weighted by Gasteiger charge is 2.11. The molecule has 0 heterocycles. The molecule has 0 bridgehead atoms. The fourth-order valence-corrected chi connectivity index (χ4v) is 1.68. The topological polar surface area (TPSA) is 55.1 Å². The van der Waals surface area contributed by atoms with E-state index in [1.54, 1.807) is 0 Å². The average molecular weight is 257 g/mol. The van der Waals surface area contributed by atoms with E-state index in [1.807, 2.05) is 19.1 Å². The van der Waals surface area contributed by atoms with E-state index in [-0.39, 0.29) is 18.3 Å². The van der Waals surface area contributed by atoms with E-state index in [4.69, 9.17) is 5.73 Å². The monoisotopic (exact) mass is 256 g/mol. The summed E-state index contributed by atoms with van der Waals surface area (Å²) in [6.45, 7) is 6.62. The molecular weight excluding hydrogens is 236 g/mol. The molecule has 0 spiro atoms. The van der Waals surface area contributed by atoms with Crippen molar-refractivity contribution in [2.45, 2.75) is 33.1 Å². The minimum absolute atomic E-state index is 0. The van der Waals surface area contributed by atoms with E-state index in [0.717, 1.165) is 11.3 Å². The molecule has 17 heavy (non-hydrogen) atoms. The van der Waals surface area contributed by atoms with Crippen molar-refractivity contribution in [2.24, 2.45) is 5.73 Å². The molecule has 3 N–H and O–H groups in total. The molecule has 1 aromatic rings. The smallest absolute Gasteiger partial charge is 0.225 e. The van der Waals surface area contributed by atoms with E-state index < -0.39 is 0 Å². The third-order valence-corrected chi connectivity index (χ3v) is 2.56. The molecule has 0 radical (unpaired) electrons. The Morgan fingerprint density at radius 2 is 2.06 bits per heavy atom. The highest BCUT2D eigenvalue weighted by molar-refractivity contribution is 5.92. The van der Waals surface area contributed by atoms with E-state index in [0.29, 0.717) is 18.9 Å². The van der Waals surface area contributed by atoms with Crippen molar-refractivity contribution < 1.29 is 4.79 Å². The predicted octanol–water partition coefficient (Wildman–Crippen LogP) is 2.83. The zero-order valence-corrected chi connectivity index (χ0v) is 11.4. The average Bonchev–Trinajstić information content (AvgIpc) is 2.21. The Hall–Kier alpha value is -1.06. The van der Waals surface area contributed by atoms with E-state index in [2.05, 4.69) is 25.2 Å². The Bertz CT molecular complexity index is 378. The lowest BCUT2D eigenvalue weighted by Gasteiger charge is -2.16. The molecule has 1 aromatic carbocycles. The van der Waals surface area contributed by atoms with Crippen LogP contribution in [0.15, 0.2) is 18.2 Å². The molecule has 96 valence electrons. The number of para-hydroxylation sites is 1. The first kappa shape index (κ1) is 15.9. The third-order valence-electron chi connectivity index (χ3n) is 2.56. The maximum Gasteiger partial charge on any atom is 0.225 e. The van der Waals surface area contributed by atoms with E-state index >= 15 is 0 Å². The number of nitrogens with two attached hydrogens (primary N) is 1. The molecule has 0 atom stereocenters. The number of amides is 1. The van der Waals surface area contributed by atoms with Gasteiger partial charge in [-0.2, -0.15) is 0 Å². The first-order valence-electron chi connectivity index (χ1n) is 5.65. The van der Waals surface area contributed by atoms with Crippen LogP contribution in [0.3, 0.4) is 0 Å². The van der Waals surface area contributed by atoms with Gasteiger partial charge in [0.2, 0.25) is 5.91 Å². The predicted molar refractivity (Wildman–Crippen MR) is 74.8 cm³/mol. The van der Waals surface area contributed by atoms with Crippen LogP contribution in [0.4, 0.5) is 5.69 Å². The first-order chi connectivity index (χ1) is 7.56. The second kappa shape index (κ2) is 7.30. The molecule has 0 unspecified atom stereocenters. The second-order valence-corrected chi connectivity index (χ2v) is 4.28. The molecule has 4 heteroatoms. The van der Waals surface area contributed by atoms with Crippen molar-refractivity contribution in [1.82, 2.24) is 0 Å². The molecule has 0 fully saturated rings. The molecule has 0 aromatic heterocycles. The van der Waals surface area contributed by atoms with Gasteiger partial charge in [-0.05, 0) is 24.0 Å². The van der Waals surface area contributed by atoms with Crippen LogP contribution in [-0.2, 0) is 4.79 Å². The van der Waals surface area contributed by atoms with Crippen molar-refractivity contribution in [3.63, 3.8) is 0 Å². The van der Waals surface area contributed by atoms with Crippen LogP contribution >= 0.6 is 12.4 Å². The van der Waals surface area contributed by atoms with Gasteiger partial charge in [-0.15, -0.1) is 12.4 Å². The molecule has 0 saturated carbocycles. The summed E-state index contributed by atoms with van der Waals surface area (Å²) in [4.78, 5) is 11.5. The Morgan fingerprint density at radius 3 is 2.59 bits per heavy atom. The number of aryl methyl sites for hydroxylation is 1. The Kier molecular flexibility index (Phi) is 6.85. The van der Waals surface area contributed by atoms with Crippen LogP contribution in [0.5, 0.6) is 0 Å². The van der Waals surface area contributed by atoms with Crippen molar-refractivity contribution in [3.8, 4) is 0 Å². The lowest BCUT2D eigenvalue weighted by molar-refractivity contribution is -0.116. The molecular formula is C13H21ClN2O. The van der Waals surface area contributed by atoms with Crippen LogP contribution in [0.25, 0.3) is 0 Å². The summed E-state index contributed by atoms with van der Waals surface area (Å²) in [6.07, 6.45) is 0.367. The SMILES string of the molecule is Cc1cccc(C(C)C)c1NC(=O)CCN.Cl. The van der Waals surface area contributed by atoms with Gasteiger partial charge in [0.15, 0.2) is 0 Å². The van der Waals surface area contributed by atoms with E-state index in [1.165, 1.54) is 5.56 Å². The summed E-state index contributed by atoms with van der Waals surface area (Å²) >= 11 is 0. The molecule has 3 nitrogen and oxygen atoms in total. The Balaban J connectivity index is 0.00000256. The fourth-order valence-electron chi connectivity index (χ4n) is 1.68. The number of anilines is 1. The summed E-state index contributed by atoms with van der Waals surface area (Å²) in [6, 6.07) is 6.07. The highest BCUT2D eigenvalue weighted by atomic mass is 35.5. The number of nitrogens with one attached hydrogen (secondary N) is 1. The van der Waals surface area contributed by atoms with Crippen LogP contribution in [-0.4, -0.2) is 12.5 Å². The number of rotatable bonds is 4. The van der Waals surface area contributed by atoms with Crippen molar-refractivity contribution in [3.05, 3.63) is 29.3 Å². The van der Waals surface area contributed by atoms with Crippen molar-refractivity contribution in [1.29, 1.82) is 0 Å². The second-order valence-electron chi connectivity index (χ2n) is 4.28. The lowest BCUT2D eigenvalue weighted by atomic mass is 9.98. The number of carbonyl (C=O) groups is 1. The molecule has 0 saturated heterocycles. The van der Waals surface area contributed by atoms with Gasteiger partial charge in [-0.3, -0.25) is 4.79 Å². The van der Waals surface area contributed by atoms with Crippen molar-refractivity contribution >= 4 is 24.0 Å². The van der Waals surface area contributed by atoms with Crippen LogP contribution in [0, 0.1) is 6.92 Å². The highest BCUT2D eigenvalue weighted by Crippen LogP contribution is 2.27. The quantitative estimate of drug-likeness (QED) is 0.870. The van der Waals surface area contributed by atoms with Gasteiger partial charge < -0.3 is 11.1 Å². The number of halogens is 1. The van der Waals surface area contributed by atoms with E-state index in [9.17, 15) is 4.79 Å². The Labute approximate surface area is 109 Å². The van der Waals surface area contributed by atoms with Gasteiger partial charge in [-0.25, -0.2) is 0 Å². The molecule has 1 rings (SSSR count). The standard InChI is InChI=1S/C13H20N2O.ClH/c1-9(2)11-6-4-5-10(3)13(11)15-12(16)7-8-14;/h4-6,9H,7-8,14H2,1-3H3,(H,15,16);1H. The summed E-state index contributed by atoms with van der Waals surface area (Å²) in [5.74, 6) is 0.381. The van der Waals surface area contributed by atoms with Gasteiger partial charge in [0.25, 0.3) is 0 Å². The third kappa shape index (κ3) is 4.36. The number of hydrogen-bond acceptors (Lipinski definition) is 2. The largest absolute Gasteiger partial charge is 0.330 e. The van der Waals surface area contributed by atoms with Gasteiger partial charge in [0.1, 0.15) is 0 Å². The molecule has 0 aliphatic heterocycles. The Morgan fingerprint density at radius 1 is 1.41 bits per heavy atom. The number of benzene rings is 1. The van der Waals surface area contributed by atoms with Crippen LogP contribution < -0.4 is 11.1 Å². The minimum atomic E-state index is -0.0151. The van der Waals surface area contributed by atoms with Gasteiger partial charge in [0.05, 0.1) is 0 Å². The minimum Gasteiger partial charge on any atom is -0.330 e. The molecule has 0 aliphatic rings. The first-order valence-corrected chi connectivity index (χ1v) is 5.65. The summed E-state index contributed by atoms with van der Waals surface area (Å²) in [5, 5.41) is 2.94. The normalized spacial score (nSPS) is 9.94. The maximum absolute atomic E-state index is 11.5. The maximum atomic E-state index is 11.5. The van der Waals surface area contributed by atoms with Crippen LogP contribution in [0.2, 0.25) is 0 Å². The summed E-state index contributed by atoms with van der Waals surface area (Å²) < 4.78 is 0. The fraction of sp³-hybridized carbons (Fsp3) is 0.462. The lowest BCUT2D eigenvalue weighted by Crippen LogP contribution is -2.18. The number of carbonyl (C=O) groups excluding carboxylic acids is 1. The number of hydrogen-bond donors (Lipinski definition) is 2. The molecule has 1 amide bonds. The van der Waals surface area contributed by atoms with Crippen LogP contribution in [0.1, 0.15) is 37.3 Å². The zero-order chi connectivity index (χ0) is 12.1. The molecule has 0 aliphatic carbocycles.